The van der Waals surface area contributed by atoms with Crippen molar-refractivity contribution >= 4 is 42.5 Å². The third-order valence-corrected chi connectivity index (χ3v) is 6.16. The van der Waals surface area contributed by atoms with Gasteiger partial charge in [0.1, 0.15) is 0 Å². The average molecular weight is 420 g/mol. The molecule has 4 nitrogen and oxygen atoms in total. The molecule has 0 aliphatic carbocycles. The van der Waals surface area contributed by atoms with Crippen molar-refractivity contribution < 1.29 is 4.79 Å². The number of hydrogen-bond donors (Lipinski definition) is 1. The highest BCUT2D eigenvalue weighted by Gasteiger charge is 2.35. The lowest BCUT2D eigenvalue weighted by Crippen LogP contribution is -2.58. The van der Waals surface area contributed by atoms with Crippen molar-refractivity contribution in [3.05, 3.63) is 35.9 Å². The topological polar surface area (TPSA) is 49.6 Å². The third-order valence-electron chi connectivity index (χ3n) is 5.22. The predicted octanol–water partition coefficient (Wildman–Crippen LogP) is 2.83. The Balaban J connectivity index is 0.00000169. The Kier molecular flexibility index (Phi) is 9.76. The molecule has 2 heterocycles. The van der Waals surface area contributed by atoms with Crippen molar-refractivity contribution in [1.29, 1.82) is 0 Å². The second-order valence-corrected chi connectivity index (χ2v) is 8.48. The van der Waals surface area contributed by atoms with Crippen LogP contribution in [0.2, 0.25) is 0 Å². The number of hydrogen-bond acceptors (Lipinski definition) is 4. The highest BCUT2D eigenvalue weighted by molar-refractivity contribution is 7.99. The van der Waals surface area contributed by atoms with Gasteiger partial charge in [-0.05, 0) is 31.7 Å². The molecular weight excluding hydrogens is 389 g/mol. The minimum absolute atomic E-state index is 0. The smallest absolute Gasteiger partial charge is 0.242 e. The molecule has 2 N–H and O–H groups in total. The number of halogens is 2. The zero-order valence-electron chi connectivity index (χ0n) is 15.4. The van der Waals surface area contributed by atoms with E-state index in [0.29, 0.717) is 12.5 Å². The van der Waals surface area contributed by atoms with Crippen LogP contribution in [-0.2, 0) is 11.2 Å². The lowest BCUT2D eigenvalue weighted by molar-refractivity contribution is -0.138. The van der Waals surface area contributed by atoms with Gasteiger partial charge in [0.05, 0.1) is 5.54 Å². The molecule has 1 amide bonds. The number of amides is 1. The second kappa shape index (κ2) is 10.8. The number of thioether (sulfide) groups is 1. The molecule has 26 heavy (non-hydrogen) atoms. The number of rotatable bonds is 4. The van der Waals surface area contributed by atoms with Crippen LogP contribution < -0.4 is 5.73 Å². The Hall–Kier alpha value is -0.460. The standard InChI is InChI=1S/C19H29N3OS.2ClH/c1-19(20,15-16-5-3-2-4-6-16)18(23)22-9-7-17(8-10-22)21-11-13-24-14-12-21;;/h2-6,17H,7-15,20H2,1H3;2*1H. The summed E-state index contributed by atoms with van der Waals surface area (Å²) in [7, 11) is 0. The van der Waals surface area contributed by atoms with Gasteiger partial charge in [0, 0.05) is 43.7 Å². The molecule has 0 bridgehead atoms. The van der Waals surface area contributed by atoms with Crippen molar-refractivity contribution in [3.63, 3.8) is 0 Å². The van der Waals surface area contributed by atoms with Crippen molar-refractivity contribution in [2.75, 3.05) is 37.7 Å². The Morgan fingerprint density at radius 1 is 1.12 bits per heavy atom. The Morgan fingerprint density at radius 3 is 2.27 bits per heavy atom. The van der Waals surface area contributed by atoms with E-state index in [4.69, 9.17) is 5.73 Å². The van der Waals surface area contributed by atoms with E-state index in [0.717, 1.165) is 31.5 Å². The molecule has 0 spiro atoms. The maximum atomic E-state index is 12.9. The molecule has 2 fully saturated rings. The summed E-state index contributed by atoms with van der Waals surface area (Å²) in [6.45, 7) is 5.96. The fourth-order valence-electron chi connectivity index (χ4n) is 3.83. The normalized spacial score (nSPS) is 21.2. The number of carbonyl (C=O) groups excluding carboxylic acids is 1. The summed E-state index contributed by atoms with van der Waals surface area (Å²) in [5.41, 5.74) is 6.69. The van der Waals surface area contributed by atoms with Gasteiger partial charge in [-0.25, -0.2) is 0 Å². The van der Waals surface area contributed by atoms with Crippen LogP contribution in [-0.4, -0.2) is 65.0 Å². The number of carbonyl (C=O) groups is 1. The number of piperidine rings is 1. The number of nitrogens with two attached hydrogens (primary N) is 1. The molecule has 0 saturated carbocycles. The first-order chi connectivity index (χ1) is 11.6. The van der Waals surface area contributed by atoms with Crippen LogP contribution >= 0.6 is 36.6 Å². The Labute approximate surface area is 174 Å². The quantitative estimate of drug-likeness (QED) is 0.814. The zero-order valence-corrected chi connectivity index (χ0v) is 17.9. The molecule has 1 atom stereocenters. The van der Waals surface area contributed by atoms with Gasteiger partial charge in [-0.1, -0.05) is 30.3 Å². The van der Waals surface area contributed by atoms with E-state index in [1.54, 1.807) is 0 Å². The van der Waals surface area contributed by atoms with Crippen LogP contribution in [0.5, 0.6) is 0 Å². The van der Waals surface area contributed by atoms with E-state index in [2.05, 4.69) is 4.90 Å². The van der Waals surface area contributed by atoms with E-state index in [1.807, 2.05) is 53.9 Å². The fraction of sp³-hybridized carbons (Fsp3) is 0.632. The number of benzene rings is 1. The van der Waals surface area contributed by atoms with Crippen LogP contribution in [0.25, 0.3) is 0 Å². The molecule has 1 unspecified atom stereocenters. The van der Waals surface area contributed by atoms with Gasteiger partial charge in [-0.15, -0.1) is 24.8 Å². The molecule has 1 aromatic carbocycles. The first-order valence-electron chi connectivity index (χ1n) is 9.00. The number of nitrogens with zero attached hydrogens (tertiary/aromatic N) is 2. The van der Waals surface area contributed by atoms with E-state index in [9.17, 15) is 4.79 Å². The lowest BCUT2D eigenvalue weighted by Gasteiger charge is -2.41. The van der Waals surface area contributed by atoms with Crippen LogP contribution in [0.1, 0.15) is 25.3 Å². The predicted molar refractivity (Wildman–Crippen MR) is 116 cm³/mol. The highest BCUT2D eigenvalue weighted by atomic mass is 35.5. The molecular formula is C19H31Cl2N3OS. The van der Waals surface area contributed by atoms with Gasteiger partial charge in [0.25, 0.3) is 0 Å². The van der Waals surface area contributed by atoms with Crippen molar-refractivity contribution in [3.8, 4) is 0 Å². The monoisotopic (exact) mass is 419 g/mol. The van der Waals surface area contributed by atoms with Gasteiger partial charge in [-0.2, -0.15) is 11.8 Å². The van der Waals surface area contributed by atoms with Crippen molar-refractivity contribution in [2.45, 2.75) is 37.8 Å². The summed E-state index contributed by atoms with van der Waals surface area (Å²) in [6.07, 6.45) is 2.76. The first-order valence-corrected chi connectivity index (χ1v) is 10.2. The maximum absolute atomic E-state index is 12.9. The minimum atomic E-state index is -0.823. The molecule has 0 radical (unpaired) electrons. The first kappa shape index (κ1) is 23.6. The Morgan fingerprint density at radius 2 is 1.69 bits per heavy atom. The lowest BCUT2D eigenvalue weighted by atomic mass is 9.91. The van der Waals surface area contributed by atoms with Gasteiger partial charge in [0.2, 0.25) is 5.91 Å². The van der Waals surface area contributed by atoms with Crippen LogP contribution in [0.3, 0.4) is 0 Å². The molecule has 2 aliphatic rings. The third kappa shape index (κ3) is 6.03. The molecule has 2 aliphatic heterocycles. The number of likely N-dealkylation sites (tertiary alicyclic amines) is 1. The molecule has 7 heteroatoms. The van der Waals surface area contributed by atoms with E-state index >= 15 is 0 Å². The maximum Gasteiger partial charge on any atom is 0.242 e. The minimum Gasteiger partial charge on any atom is -0.341 e. The Bertz CT molecular complexity index is 545. The van der Waals surface area contributed by atoms with E-state index in [1.165, 1.54) is 24.6 Å². The van der Waals surface area contributed by atoms with Crippen LogP contribution in [0.15, 0.2) is 30.3 Å². The van der Waals surface area contributed by atoms with Crippen LogP contribution in [0, 0.1) is 0 Å². The zero-order chi connectivity index (χ0) is 17.0. The largest absolute Gasteiger partial charge is 0.341 e. The fourth-order valence-corrected chi connectivity index (χ4v) is 4.76. The van der Waals surface area contributed by atoms with Gasteiger partial charge >= 0.3 is 0 Å². The molecule has 2 saturated heterocycles. The molecule has 0 aromatic heterocycles. The highest BCUT2D eigenvalue weighted by Crippen LogP contribution is 2.23. The van der Waals surface area contributed by atoms with E-state index in [-0.39, 0.29) is 30.7 Å². The molecule has 148 valence electrons. The summed E-state index contributed by atoms with van der Waals surface area (Å²) in [5.74, 6) is 2.59. The van der Waals surface area contributed by atoms with Crippen molar-refractivity contribution in [1.82, 2.24) is 9.80 Å². The molecule has 1 aromatic rings. The average Bonchev–Trinajstić information content (AvgIpc) is 2.62. The summed E-state index contributed by atoms with van der Waals surface area (Å²) in [5, 5.41) is 0. The van der Waals surface area contributed by atoms with Gasteiger partial charge < -0.3 is 10.6 Å². The summed E-state index contributed by atoms with van der Waals surface area (Å²) >= 11 is 2.05. The van der Waals surface area contributed by atoms with Crippen molar-refractivity contribution in [2.24, 2.45) is 5.73 Å². The van der Waals surface area contributed by atoms with Crippen LogP contribution in [0.4, 0.5) is 0 Å². The van der Waals surface area contributed by atoms with Gasteiger partial charge in [0.15, 0.2) is 0 Å². The van der Waals surface area contributed by atoms with E-state index < -0.39 is 5.54 Å². The van der Waals surface area contributed by atoms with Gasteiger partial charge in [-0.3, -0.25) is 9.69 Å². The SMILES string of the molecule is CC(N)(Cc1ccccc1)C(=O)N1CCC(N2CCSCC2)CC1.Cl.Cl. The second-order valence-electron chi connectivity index (χ2n) is 7.25. The molecule has 3 rings (SSSR count). The summed E-state index contributed by atoms with van der Waals surface area (Å²) < 4.78 is 0. The summed E-state index contributed by atoms with van der Waals surface area (Å²) in [4.78, 5) is 17.5. The summed E-state index contributed by atoms with van der Waals surface area (Å²) in [6, 6.07) is 10.7.